The quantitative estimate of drug-likeness (QED) is 0.665. The first-order valence-electron chi connectivity index (χ1n) is 3.73. The van der Waals surface area contributed by atoms with Crippen molar-refractivity contribution in [1.82, 2.24) is 0 Å². The van der Waals surface area contributed by atoms with Crippen molar-refractivity contribution in [3.05, 3.63) is 34.0 Å². The van der Waals surface area contributed by atoms with Crippen LogP contribution in [-0.2, 0) is 0 Å². The molecule has 0 bridgehead atoms. The van der Waals surface area contributed by atoms with Crippen LogP contribution < -0.4 is 0 Å². The van der Waals surface area contributed by atoms with Crippen LogP contribution in [0, 0.1) is 6.92 Å². The topological polar surface area (TPSA) is 0 Å². The second kappa shape index (κ2) is 3.92. The standard InChI is InChI=1S/C10H11ClS/c1-4-5-9-6-7(2)12-10(9)8(3)11/h4-6H,3H2,1-2H3/b5-4-. The molecule has 1 heterocycles. The minimum atomic E-state index is 0.626. The van der Waals surface area contributed by atoms with E-state index in [1.54, 1.807) is 11.3 Å². The van der Waals surface area contributed by atoms with Crippen LogP contribution in [0.25, 0.3) is 11.1 Å². The SMILES string of the molecule is C=C(Cl)c1sc(C)cc1/C=C\C. The number of rotatable bonds is 2. The van der Waals surface area contributed by atoms with Gasteiger partial charge in [0, 0.05) is 4.88 Å². The minimum absolute atomic E-state index is 0.626. The molecule has 0 N–H and O–H groups in total. The average Bonchev–Trinajstić information content (AvgIpc) is 2.32. The van der Waals surface area contributed by atoms with E-state index in [2.05, 4.69) is 19.6 Å². The van der Waals surface area contributed by atoms with Gasteiger partial charge in [-0.25, -0.2) is 0 Å². The van der Waals surface area contributed by atoms with Gasteiger partial charge in [0.05, 0.1) is 9.91 Å². The lowest BCUT2D eigenvalue weighted by molar-refractivity contribution is 1.62. The maximum absolute atomic E-state index is 5.84. The van der Waals surface area contributed by atoms with Crippen molar-refractivity contribution >= 4 is 34.0 Å². The van der Waals surface area contributed by atoms with Crippen LogP contribution in [0.1, 0.15) is 22.2 Å². The molecule has 0 amide bonds. The summed E-state index contributed by atoms with van der Waals surface area (Å²) < 4.78 is 0. The van der Waals surface area contributed by atoms with Crippen molar-refractivity contribution in [2.45, 2.75) is 13.8 Å². The second-order valence-electron chi connectivity index (χ2n) is 2.55. The van der Waals surface area contributed by atoms with Gasteiger partial charge >= 0.3 is 0 Å². The van der Waals surface area contributed by atoms with Gasteiger partial charge in [-0.05, 0) is 25.5 Å². The van der Waals surface area contributed by atoms with Crippen molar-refractivity contribution in [2.24, 2.45) is 0 Å². The molecule has 12 heavy (non-hydrogen) atoms. The van der Waals surface area contributed by atoms with Crippen molar-refractivity contribution in [3.63, 3.8) is 0 Å². The van der Waals surface area contributed by atoms with Gasteiger partial charge in [0.25, 0.3) is 0 Å². The van der Waals surface area contributed by atoms with E-state index >= 15 is 0 Å². The number of aryl methyl sites for hydroxylation is 1. The highest BCUT2D eigenvalue weighted by molar-refractivity contribution is 7.14. The van der Waals surface area contributed by atoms with Gasteiger partial charge in [-0.1, -0.05) is 30.3 Å². The third-order valence-electron chi connectivity index (χ3n) is 1.48. The molecule has 0 saturated carbocycles. The predicted molar refractivity (Wildman–Crippen MR) is 58.7 cm³/mol. The van der Waals surface area contributed by atoms with Crippen LogP contribution in [0.15, 0.2) is 18.7 Å². The zero-order valence-corrected chi connectivity index (χ0v) is 8.80. The summed E-state index contributed by atoms with van der Waals surface area (Å²) in [5, 5.41) is 0.626. The summed E-state index contributed by atoms with van der Waals surface area (Å²) in [6.07, 6.45) is 4.05. The van der Waals surface area contributed by atoms with Crippen LogP contribution in [0.5, 0.6) is 0 Å². The Balaban J connectivity index is 3.17. The zero-order valence-electron chi connectivity index (χ0n) is 7.23. The molecule has 0 spiro atoms. The smallest absolute Gasteiger partial charge is 0.0525 e. The first kappa shape index (κ1) is 9.56. The van der Waals surface area contributed by atoms with Gasteiger partial charge in [0.15, 0.2) is 0 Å². The number of allylic oxidation sites excluding steroid dienone is 1. The van der Waals surface area contributed by atoms with E-state index in [1.165, 1.54) is 10.4 Å². The summed E-state index contributed by atoms with van der Waals surface area (Å²) >= 11 is 7.52. The fourth-order valence-corrected chi connectivity index (χ4v) is 2.14. The Labute approximate surface area is 82.2 Å². The summed E-state index contributed by atoms with van der Waals surface area (Å²) in [5.74, 6) is 0. The van der Waals surface area contributed by atoms with E-state index in [0.717, 1.165) is 4.88 Å². The fourth-order valence-electron chi connectivity index (χ4n) is 1.05. The van der Waals surface area contributed by atoms with Gasteiger partial charge in [-0.15, -0.1) is 11.3 Å². The largest absolute Gasteiger partial charge is 0.139 e. The van der Waals surface area contributed by atoms with Crippen LogP contribution in [-0.4, -0.2) is 0 Å². The normalized spacial score (nSPS) is 10.9. The lowest BCUT2D eigenvalue weighted by Gasteiger charge is -1.93. The highest BCUT2D eigenvalue weighted by atomic mass is 35.5. The van der Waals surface area contributed by atoms with Gasteiger partial charge in [-0.2, -0.15) is 0 Å². The third-order valence-corrected chi connectivity index (χ3v) is 2.90. The summed E-state index contributed by atoms with van der Waals surface area (Å²) in [5.41, 5.74) is 1.17. The number of hydrogen-bond donors (Lipinski definition) is 0. The highest BCUT2D eigenvalue weighted by Crippen LogP contribution is 2.30. The average molecular weight is 199 g/mol. The Morgan fingerprint density at radius 1 is 1.67 bits per heavy atom. The molecule has 1 rings (SSSR count). The first-order valence-corrected chi connectivity index (χ1v) is 4.92. The van der Waals surface area contributed by atoms with E-state index < -0.39 is 0 Å². The monoisotopic (exact) mass is 198 g/mol. The first-order chi connectivity index (χ1) is 5.65. The van der Waals surface area contributed by atoms with Gasteiger partial charge in [0.2, 0.25) is 0 Å². The molecule has 0 aromatic carbocycles. The molecule has 0 aliphatic carbocycles. The summed E-state index contributed by atoms with van der Waals surface area (Å²) in [4.78, 5) is 2.34. The molecule has 0 fully saturated rings. The third kappa shape index (κ3) is 1.99. The fraction of sp³-hybridized carbons (Fsp3) is 0.200. The van der Waals surface area contributed by atoms with Crippen LogP contribution in [0.3, 0.4) is 0 Å². The van der Waals surface area contributed by atoms with Crippen LogP contribution in [0.4, 0.5) is 0 Å². The molecule has 0 unspecified atom stereocenters. The highest BCUT2D eigenvalue weighted by Gasteiger charge is 2.05. The molecule has 0 saturated heterocycles. The van der Waals surface area contributed by atoms with Crippen LogP contribution in [0.2, 0.25) is 0 Å². The Bertz CT molecular complexity index is 321. The minimum Gasteiger partial charge on any atom is -0.139 e. The Morgan fingerprint density at radius 3 is 2.83 bits per heavy atom. The van der Waals surface area contributed by atoms with E-state index in [4.69, 9.17) is 11.6 Å². The lowest BCUT2D eigenvalue weighted by Crippen LogP contribution is -1.71. The van der Waals surface area contributed by atoms with Gasteiger partial charge < -0.3 is 0 Å². The number of hydrogen-bond acceptors (Lipinski definition) is 1. The van der Waals surface area contributed by atoms with Gasteiger partial charge in [0.1, 0.15) is 0 Å². The van der Waals surface area contributed by atoms with Crippen molar-refractivity contribution < 1.29 is 0 Å². The maximum Gasteiger partial charge on any atom is 0.0525 e. The van der Waals surface area contributed by atoms with Crippen molar-refractivity contribution in [2.75, 3.05) is 0 Å². The van der Waals surface area contributed by atoms with Gasteiger partial charge in [-0.3, -0.25) is 0 Å². The molecular formula is C10H11ClS. The molecular weight excluding hydrogens is 188 g/mol. The zero-order chi connectivity index (χ0) is 9.14. The molecule has 0 atom stereocenters. The maximum atomic E-state index is 5.84. The molecule has 0 aliphatic rings. The van der Waals surface area contributed by atoms with E-state index in [9.17, 15) is 0 Å². The molecule has 1 aromatic rings. The molecule has 0 nitrogen and oxygen atoms in total. The van der Waals surface area contributed by atoms with Crippen LogP contribution >= 0.6 is 22.9 Å². The molecule has 2 heteroatoms. The Hall–Kier alpha value is -0.530. The van der Waals surface area contributed by atoms with Crippen molar-refractivity contribution in [3.8, 4) is 0 Å². The predicted octanol–water partition coefficient (Wildman–Crippen LogP) is 4.30. The van der Waals surface area contributed by atoms with E-state index in [-0.39, 0.29) is 0 Å². The second-order valence-corrected chi connectivity index (χ2v) is 4.26. The van der Waals surface area contributed by atoms with Crippen molar-refractivity contribution in [1.29, 1.82) is 0 Å². The molecule has 0 aliphatic heterocycles. The number of thiophene rings is 1. The lowest BCUT2D eigenvalue weighted by atomic mass is 10.2. The summed E-state index contributed by atoms with van der Waals surface area (Å²) in [7, 11) is 0. The van der Waals surface area contributed by atoms with E-state index in [0.29, 0.717) is 5.03 Å². The summed E-state index contributed by atoms with van der Waals surface area (Å²) in [6, 6.07) is 2.12. The Morgan fingerprint density at radius 2 is 2.33 bits per heavy atom. The summed E-state index contributed by atoms with van der Waals surface area (Å²) in [6.45, 7) is 7.79. The Kier molecular flexibility index (Phi) is 3.12. The van der Waals surface area contributed by atoms with E-state index in [1.807, 2.05) is 19.1 Å². The molecule has 64 valence electrons. The molecule has 0 radical (unpaired) electrons. The molecule has 1 aromatic heterocycles. The number of halogens is 1.